The van der Waals surface area contributed by atoms with E-state index in [0.29, 0.717) is 23.4 Å². The van der Waals surface area contributed by atoms with E-state index in [2.05, 4.69) is 15.4 Å². The molecule has 1 atom stereocenters. The van der Waals surface area contributed by atoms with Gasteiger partial charge in [0.1, 0.15) is 40.2 Å². The van der Waals surface area contributed by atoms with E-state index in [1.807, 2.05) is 0 Å². The number of aryl methyl sites for hydroxylation is 1. The Balaban J connectivity index is 1.65. The summed E-state index contributed by atoms with van der Waals surface area (Å²) in [5, 5.41) is 15.8. The van der Waals surface area contributed by atoms with Crippen molar-refractivity contribution in [1.29, 1.82) is 0 Å². The van der Waals surface area contributed by atoms with Crippen molar-refractivity contribution in [1.82, 2.24) is 24.6 Å². The average molecular weight is 759 g/mol. The van der Waals surface area contributed by atoms with E-state index in [-0.39, 0.29) is 39.5 Å². The molecule has 6 rings (SSSR count). The maximum absolute atomic E-state index is 15.3. The third-order valence-electron chi connectivity index (χ3n) is 8.15. The number of carbonyl (C=O) groups is 1. The Labute approximate surface area is 297 Å². The summed E-state index contributed by atoms with van der Waals surface area (Å²) < 4.78 is 93.0. The van der Waals surface area contributed by atoms with Gasteiger partial charge in [0.2, 0.25) is 10.0 Å². The molecule has 4 aromatic carbocycles. The monoisotopic (exact) mass is 758 g/mol. The van der Waals surface area contributed by atoms with E-state index < -0.39 is 74.1 Å². The molecule has 2 N–H and O–H groups in total. The average Bonchev–Trinajstić information content (AvgIpc) is 3.39. The van der Waals surface area contributed by atoms with E-state index >= 15 is 4.39 Å². The molecule has 0 saturated carbocycles. The Morgan fingerprint density at radius 1 is 0.981 bits per heavy atom. The summed E-state index contributed by atoms with van der Waals surface area (Å²) in [6.45, 7) is -0.205. The molecular weight excluding hydrogens is 732 g/mol. The molecule has 12 nitrogen and oxygen atoms in total. The van der Waals surface area contributed by atoms with Gasteiger partial charge in [0, 0.05) is 31.7 Å². The van der Waals surface area contributed by atoms with Crippen molar-refractivity contribution >= 4 is 55.3 Å². The minimum absolute atomic E-state index is 0.00252. The predicted octanol–water partition coefficient (Wildman–Crippen LogP) is 6.01. The van der Waals surface area contributed by atoms with Crippen molar-refractivity contribution < 1.29 is 40.6 Å². The number of amides is 1. The quantitative estimate of drug-likeness (QED) is 0.162. The second kappa shape index (κ2) is 13.8. The number of methoxy groups -OCH3 is 1. The van der Waals surface area contributed by atoms with Crippen LogP contribution in [0.3, 0.4) is 0 Å². The highest BCUT2D eigenvalue weighted by Gasteiger charge is 2.30. The minimum atomic E-state index is -4.06. The maximum atomic E-state index is 15.3. The van der Waals surface area contributed by atoms with Crippen LogP contribution in [-0.4, -0.2) is 52.3 Å². The lowest BCUT2D eigenvalue weighted by molar-refractivity contribution is 0.189. The molecule has 0 spiro atoms. The molecule has 1 amide bonds. The Morgan fingerprint density at radius 3 is 2.25 bits per heavy atom. The summed E-state index contributed by atoms with van der Waals surface area (Å²) in [5.74, 6) is -4.34. The van der Waals surface area contributed by atoms with Gasteiger partial charge in [-0.15, -0.1) is 0 Å². The SMILES string of the molecule is COc1ccc(CN(c2nn(C)c3c(-n4c(C(Cc5cc(F)cc(F)c5)NC(=O)O)nc5cc(F)cc(F)c5c4=O)ccc(Cl)c23)S(C)(=O)=O)cc1. The van der Waals surface area contributed by atoms with E-state index in [9.17, 15) is 36.3 Å². The first-order valence-electron chi connectivity index (χ1n) is 15.2. The lowest BCUT2D eigenvalue weighted by Gasteiger charge is -2.23. The van der Waals surface area contributed by atoms with Gasteiger partial charge in [-0.1, -0.05) is 23.7 Å². The molecule has 0 aliphatic carbocycles. The number of carboxylic acid groups (broad SMARTS) is 1. The Morgan fingerprint density at radius 2 is 1.63 bits per heavy atom. The largest absolute Gasteiger partial charge is 0.497 e. The van der Waals surface area contributed by atoms with Gasteiger partial charge in [-0.05, 0) is 47.5 Å². The number of halogens is 5. The van der Waals surface area contributed by atoms with Gasteiger partial charge in [-0.25, -0.2) is 40.1 Å². The van der Waals surface area contributed by atoms with Gasteiger partial charge in [0.15, 0.2) is 5.82 Å². The van der Waals surface area contributed by atoms with Gasteiger partial charge in [0.05, 0.1) is 53.1 Å². The fourth-order valence-corrected chi connectivity index (χ4v) is 7.04. The highest BCUT2D eigenvalue weighted by molar-refractivity contribution is 7.92. The van der Waals surface area contributed by atoms with Crippen molar-refractivity contribution in [3.05, 3.63) is 122 Å². The summed E-state index contributed by atoms with van der Waals surface area (Å²) >= 11 is 6.70. The second-order valence-corrected chi connectivity index (χ2v) is 14.0. The fourth-order valence-electron chi connectivity index (χ4n) is 5.98. The standard InChI is InChI=1S/C34H27ClF4N6O6S/c1-43-30-27(9-8-23(35)28(30)32(42-43)44(52(3,49)50)16-17-4-6-22(51-2)7-5-17)45-31(40-25-15-21(38)14-24(39)29(25)33(45)46)26(41-34(47)48)12-18-10-19(36)13-20(37)11-18/h4-11,13-15,26,41H,12,16H2,1-3H3,(H,47,48). The number of benzene rings is 4. The maximum Gasteiger partial charge on any atom is 0.405 e. The molecule has 0 bridgehead atoms. The van der Waals surface area contributed by atoms with Crippen molar-refractivity contribution in [2.75, 3.05) is 17.7 Å². The highest BCUT2D eigenvalue weighted by Crippen LogP contribution is 2.38. The minimum Gasteiger partial charge on any atom is -0.497 e. The normalized spacial score (nSPS) is 12.3. The number of nitrogens with zero attached hydrogens (tertiary/aromatic N) is 5. The number of sulfonamides is 1. The molecule has 6 aromatic rings. The van der Waals surface area contributed by atoms with Crippen LogP contribution in [0.15, 0.2) is 71.5 Å². The first-order chi connectivity index (χ1) is 24.5. The topological polar surface area (TPSA) is 149 Å². The van der Waals surface area contributed by atoms with Crippen LogP contribution in [0.1, 0.15) is 23.0 Å². The number of anilines is 1. The van der Waals surface area contributed by atoms with Crippen LogP contribution in [0.25, 0.3) is 27.5 Å². The first kappa shape index (κ1) is 36.1. The van der Waals surface area contributed by atoms with Gasteiger partial charge in [0.25, 0.3) is 5.56 Å². The van der Waals surface area contributed by atoms with Crippen molar-refractivity contribution in [3.8, 4) is 11.4 Å². The molecule has 18 heteroatoms. The molecule has 270 valence electrons. The Hall–Kier alpha value is -5.68. The molecule has 0 aliphatic heterocycles. The molecule has 0 fully saturated rings. The van der Waals surface area contributed by atoms with Crippen molar-refractivity contribution in [2.24, 2.45) is 7.05 Å². The smallest absolute Gasteiger partial charge is 0.405 e. The molecule has 52 heavy (non-hydrogen) atoms. The third-order valence-corrected chi connectivity index (χ3v) is 9.56. The van der Waals surface area contributed by atoms with Crippen LogP contribution in [0, 0.1) is 23.3 Å². The molecular formula is C34H27ClF4N6O6S. The number of ether oxygens (including phenoxy) is 1. The van der Waals surface area contributed by atoms with Crippen LogP contribution in [0.5, 0.6) is 5.75 Å². The lowest BCUT2D eigenvalue weighted by Crippen LogP contribution is -2.35. The van der Waals surface area contributed by atoms with Crippen LogP contribution in [0.2, 0.25) is 5.02 Å². The molecule has 2 aromatic heterocycles. The van der Waals surface area contributed by atoms with Crippen LogP contribution in [-0.2, 0) is 30.0 Å². The summed E-state index contributed by atoms with van der Waals surface area (Å²) in [6, 6.07) is 11.4. The number of nitrogens with one attached hydrogen (secondary N) is 1. The third kappa shape index (κ3) is 6.96. The lowest BCUT2D eigenvalue weighted by atomic mass is 10.0. The van der Waals surface area contributed by atoms with Gasteiger partial charge in [-0.3, -0.25) is 14.0 Å². The number of rotatable bonds is 10. The zero-order valence-corrected chi connectivity index (χ0v) is 28.9. The predicted molar refractivity (Wildman–Crippen MR) is 185 cm³/mol. The Kier molecular flexibility index (Phi) is 9.59. The second-order valence-electron chi connectivity index (χ2n) is 11.7. The van der Waals surface area contributed by atoms with E-state index in [4.69, 9.17) is 16.3 Å². The van der Waals surface area contributed by atoms with Gasteiger partial charge >= 0.3 is 6.09 Å². The number of hydrogen-bond acceptors (Lipinski definition) is 7. The van der Waals surface area contributed by atoms with Crippen LogP contribution in [0.4, 0.5) is 28.2 Å². The van der Waals surface area contributed by atoms with Crippen LogP contribution >= 0.6 is 11.6 Å². The van der Waals surface area contributed by atoms with Crippen LogP contribution < -0.4 is 19.9 Å². The van der Waals surface area contributed by atoms with Gasteiger partial charge < -0.3 is 15.2 Å². The van der Waals surface area contributed by atoms with E-state index in [1.165, 1.54) is 31.0 Å². The zero-order chi connectivity index (χ0) is 37.6. The fraction of sp³-hybridized carbons (Fsp3) is 0.176. The molecule has 2 heterocycles. The summed E-state index contributed by atoms with van der Waals surface area (Å²) in [7, 11) is -1.16. The molecule has 0 aliphatic rings. The van der Waals surface area contributed by atoms with Crippen molar-refractivity contribution in [3.63, 3.8) is 0 Å². The highest BCUT2D eigenvalue weighted by atomic mass is 35.5. The zero-order valence-electron chi connectivity index (χ0n) is 27.4. The van der Waals surface area contributed by atoms with E-state index in [0.717, 1.165) is 33.3 Å². The summed E-state index contributed by atoms with van der Waals surface area (Å²) in [4.78, 5) is 30.8. The number of hydrogen-bond donors (Lipinski definition) is 2. The summed E-state index contributed by atoms with van der Waals surface area (Å²) in [5.41, 5.74) is -1.18. The summed E-state index contributed by atoms with van der Waals surface area (Å²) in [6.07, 6.45) is -1.14. The number of aromatic nitrogens is 4. The number of fused-ring (bicyclic) bond motifs is 2. The molecule has 0 radical (unpaired) electrons. The molecule has 1 unspecified atom stereocenters. The Bertz CT molecular complexity index is 2550. The molecule has 0 saturated heterocycles. The van der Waals surface area contributed by atoms with Gasteiger partial charge in [-0.2, -0.15) is 5.10 Å². The van der Waals surface area contributed by atoms with E-state index in [1.54, 1.807) is 24.3 Å². The van der Waals surface area contributed by atoms with Crippen molar-refractivity contribution in [2.45, 2.75) is 19.0 Å². The first-order valence-corrected chi connectivity index (χ1v) is 17.4.